The molecule has 31 heavy (non-hydrogen) atoms. The summed E-state index contributed by atoms with van der Waals surface area (Å²) in [5.41, 5.74) is 13.1. The van der Waals surface area contributed by atoms with Gasteiger partial charge in [0.1, 0.15) is 29.9 Å². The third-order valence-corrected chi connectivity index (χ3v) is 6.41. The van der Waals surface area contributed by atoms with Crippen LogP contribution in [0.3, 0.4) is 0 Å². The Morgan fingerprint density at radius 1 is 1.16 bits per heavy atom. The molecule has 5 rings (SSSR count). The predicted molar refractivity (Wildman–Crippen MR) is 124 cm³/mol. The number of nitrogen functional groups attached to an aromatic ring is 2. The first-order valence-electron chi connectivity index (χ1n) is 11.7. The monoisotopic (exact) mass is 486 g/mol. The van der Waals surface area contributed by atoms with Gasteiger partial charge in [-0.15, -0.1) is 0 Å². The average Bonchev–Trinajstić information content (AvgIpc) is 3.15. The molecule has 9 heteroatoms. The highest BCUT2D eigenvalue weighted by molar-refractivity contribution is 9.10. The van der Waals surface area contributed by atoms with E-state index < -0.39 is 37.0 Å². The van der Waals surface area contributed by atoms with E-state index in [1.807, 2.05) is 24.3 Å². The van der Waals surface area contributed by atoms with Crippen LogP contribution in [0.15, 0.2) is 41.1 Å². The zero-order chi connectivity index (χ0) is 25.3. The molecule has 1 saturated carbocycles. The van der Waals surface area contributed by atoms with Gasteiger partial charge in [0.2, 0.25) is 0 Å². The molecule has 0 spiro atoms. The van der Waals surface area contributed by atoms with Crippen molar-refractivity contribution < 1.29 is 15.7 Å². The van der Waals surface area contributed by atoms with E-state index in [2.05, 4.69) is 30.9 Å². The second-order valence-corrected chi connectivity index (χ2v) is 8.53. The van der Waals surface area contributed by atoms with Crippen molar-refractivity contribution in [1.82, 2.24) is 15.0 Å². The van der Waals surface area contributed by atoms with Crippen LogP contribution in [0.2, 0.25) is 0 Å². The zero-order valence-corrected chi connectivity index (χ0v) is 17.9. The average molecular weight is 487 g/mol. The first kappa shape index (κ1) is 16.0. The Balaban J connectivity index is 1.44. The van der Waals surface area contributed by atoms with Gasteiger partial charge in [0, 0.05) is 28.8 Å². The van der Waals surface area contributed by atoms with Gasteiger partial charge in [-0.3, -0.25) is 0 Å². The molecule has 3 heterocycles. The number of anilines is 3. The van der Waals surface area contributed by atoms with E-state index in [0.717, 1.165) is 22.2 Å². The smallest absolute Gasteiger partial charge is 0.138 e. The fourth-order valence-electron chi connectivity index (χ4n) is 4.10. The molecule has 0 unspecified atom stereocenters. The molecule has 8 nitrogen and oxygen atoms in total. The van der Waals surface area contributed by atoms with Gasteiger partial charge in [0.05, 0.1) is 22.1 Å². The molecule has 1 fully saturated rings. The third kappa shape index (κ3) is 3.52. The number of benzene rings is 1. The summed E-state index contributed by atoms with van der Waals surface area (Å²) >= 11 is 3.36. The summed E-state index contributed by atoms with van der Waals surface area (Å²) in [7, 11) is 0. The van der Waals surface area contributed by atoms with Crippen molar-refractivity contribution in [1.29, 1.82) is 0 Å². The number of rotatable bonds is 3. The largest absolute Gasteiger partial charge is 0.390 e. The Hall–Kier alpha value is -2.75. The SMILES string of the molecule is [2H]C1([2H])c2c(N)ncnc2N([C@@H]2C[C@H](/C=C/c3ccc4cc(Br)c(N)nc4c3)[C@@H](O)[C@H]2O)C1([2H])[2H]. The highest BCUT2D eigenvalue weighted by Crippen LogP contribution is 2.38. The summed E-state index contributed by atoms with van der Waals surface area (Å²) in [4.78, 5) is 13.4. The Labute approximate surface area is 193 Å². The summed E-state index contributed by atoms with van der Waals surface area (Å²) in [6.45, 7) is -2.57. The van der Waals surface area contributed by atoms with Gasteiger partial charge in [-0.2, -0.15) is 0 Å². The number of nitrogens with two attached hydrogens (primary N) is 2. The first-order valence-corrected chi connectivity index (χ1v) is 10.5. The van der Waals surface area contributed by atoms with Crippen molar-refractivity contribution in [3.63, 3.8) is 0 Å². The molecule has 0 saturated heterocycles. The molecule has 2 aromatic heterocycles. The van der Waals surface area contributed by atoms with Crippen molar-refractivity contribution in [2.45, 2.75) is 31.0 Å². The zero-order valence-electron chi connectivity index (χ0n) is 20.3. The second-order valence-electron chi connectivity index (χ2n) is 7.68. The Morgan fingerprint density at radius 2 is 2.00 bits per heavy atom. The molecule has 4 atom stereocenters. The van der Waals surface area contributed by atoms with Crippen LogP contribution < -0.4 is 16.4 Å². The van der Waals surface area contributed by atoms with Crippen molar-refractivity contribution in [3.8, 4) is 0 Å². The van der Waals surface area contributed by atoms with E-state index in [1.165, 1.54) is 0 Å². The maximum atomic E-state index is 10.9. The number of pyridine rings is 1. The lowest BCUT2D eigenvalue weighted by Gasteiger charge is -2.28. The van der Waals surface area contributed by atoms with Crippen LogP contribution in [0.5, 0.6) is 0 Å². The van der Waals surface area contributed by atoms with E-state index in [9.17, 15) is 10.2 Å². The van der Waals surface area contributed by atoms with Gasteiger partial charge >= 0.3 is 0 Å². The topological polar surface area (TPSA) is 134 Å². The van der Waals surface area contributed by atoms with E-state index in [1.54, 1.807) is 12.2 Å². The third-order valence-electron chi connectivity index (χ3n) is 5.77. The lowest BCUT2D eigenvalue weighted by Crippen LogP contribution is -2.43. The Bertz CT molecular complexity index is 1360. The molecule has 0 amide bonds. The van der Waals surface area contributed by atoms with Crippen molar-refractivity contribution in [2.24, 2.45) is 5.92 Å². The summed E-state index contributed by atoms with van der Waals surface area (Å²) in [6.07, 6.45) is -0.182. The number of aromatic nitrogens is 3. The van der Waals surface area contributed by atoms with E-state index in [0.29, 0.717) is 15.8 Å². The van der Waals surface area contributed by atoms with Crippen LogP contribution in [-0.2, 0) is 6.37 Å². The molecule has 6 N–H and O–H groups in total. The minimum Gasteiger partial charge on any atom is -0.390 e. The van der Waals surface area contributed by atoms with E-state index in [-0.39, 0.29) is 23.6 Å². The van der Waals surface area contributed by atoms with Crippen molar-refractivity contribution in [2.75, 3.05) is 22.9 Å². The molecule has 0 bridgehead atoms. The molecule has 1 aromatic carbocycles. The van der Waals surface area contributed by atoms with Crippen LogP contribution >= 0.6 is 15.9 Å². The Morgan fingerprint density at radius 3 is 2.84 bits per heavy atom. The Kier molecular flexibility index (Phi) is 3.99. The van der Waals surface area contributed by atoms with Gasteiger partial charge in [-0.05, 0) is 46.4 Å². The van der Waals surface area contributed by atoms with Gasteiger partial charge in [0.25, 0.3) is 0 Å². The lowest BCUT2D eigenvalue weighted by molar-refractivity contribution is 0.0229. The lowest BCUT2D eigenvalue weighted by atomic mass is 10.0. The van der Waals surface area contributed by atoms with Crippen LogP contribution in [0.25, 0.3) is 17.0 Å². The van der Waals surface area contributed by atoms with E-state index in [4.69, 9.17) is 17.0 Å². The minimum absolute atomic E-state index is 0.0160. The fraction of sp³-hybridized carbons (Fsp3) is 0.318. The van der Waals surface area contributed by atoms with Gasteiger partial charge < -0.3 is 26.6 Å². The van der Waals surface area contributed by atoms with Crippen LogP contribution in [0.1, 0.15) is 23.0 Å². The maximum Gasteiger partial charge on any atom is 0.138 e. The number of aliphatic hydroxyl groups excluding tert-OH is 2. The van der Waals surface area contributed by atoms with Gasteiger partial charge in [-0.1, -0.05) is 24.3 Å². The van der Waals surface area contributed by atoms with Crippen LogP contribution in [0.4, 0.5) is 17.5 Å². The number of nitrogens with zero attached hydrogens (tertiary/aromatic N) is 4. The highest BCUT2D eigenvalue weighted by atomic mass is 79.9. The molecular weight excluding hydrogens is 460 g/mol. The summed E-state index contributed by atoms with van der Waals surface area (Å²) < 4.78 is 34.5. The highest BCUT2D eigenvalue weighted by Gasteiger charge is 2.45. The normalized spacial score (nSPS) is 30.7. The van der Waals surface area contributed by atoms with Crippen LogP contribution in [-0.4, -0.2) is 49.9 Å². The molecule has 2 aliphatic rings. The molecular formula is C22H23BrN6O2. The first-order chi connectivity index (χ1) is 16.4. The van der Waals surface area contributed by atoms with Crippen LogP contribution in [0, 0.1) is 5.92 Å². The standard InChI is InChI=1S/C22H23BrN6O2/c23-15-8-12-3-1-11(7-16(12)28-21(15)25)2-4-13-9-17(19(31)18(13)30)29-6-5-14-20(24)26-10-27-22(14)29/h1-4,7-8,10,13,17-19,30-31H,5-6,9H2,(H2,25,28)(H2,24,26,27)/b4-2+/t13-,17+,18+,19-/m0/s1/i5D2,6D2. The molecule has 160 valence electrons. The number of aliphatic hydroxyl groups is 2. The van der Waals surface area contributed by atoms with E-state index >= 15 is 0 Å². The predicted octanol–water partition coefficient (Wildman–Crippen LogP) is 2.14. The fourth-order valence-corrected chi connectivity index (χ4v) is 4.44. The number of halogens is 1. The summed E-state index contributed by atoms with van der Waals surface area (Å²) in [5.74, 6) is -0.315. The molecule has 1 aliphatic carbocycles. The quantitative estimate of drug-likeness (QED) is 0.442. The van der Waals surface area contributed by atoms with Gasteiger partial charge in [-0.25, -0.2) is 15.0 Å². The van der Waals surface area contributed by atoms with Gasteiger partial charge in [0.15, 0.2) is 0 Å². The number of hydrogen-bond acceptors (Lipinski definition) is 8. The minimum atomic E-state index is -2.57. The van der Waals surface area contributed by atoms with Crippen molar-refractivity contribution in [3.05, 3.63) is 52.3 Å². The molecule has 3 aromatic rings. The summed E-state index contributed by atoms with van der Waals surface area (Å²) in [6, 6.07) is 6.59. The summed E-state index contributed by atoms with van der Waals surface area (Å²) in [5, 5.41) is 22.5. The number of fused-ring (bicyclic) bond motifs is 2. The molecule has 1 aliphatic heterocycles. The molecule has 0 radical (unpaired) electrons. The number of hydrogen-bond donors (Lipinski definition) is 4. The second kappa shape index (κ2) is 7.74. The van der Waals surface area contributed by atoms with Crippen molar-refractivity contribution >= 4 is 50.4 Å². The maximum absolute atomic E-state index is 10.9.